The van der Waals surface area contributed by atoms with E-state index >= 15 is 0 Å². The Morgan fingerprint density at radius 2 is 1.83 bits per heavy atom. The van der Waals surface area contributed by atoms with Gasteiger partial charge in [0.1, 0.15) is 12.4 Å². The fraction of sp³-hybridized carbons (Fsp3) is 0.308. The number of terminal acetylenes is 1. The lowest BCUT2D eigenvalue weighted by Gasteiger charge is -2.27. The van der Waals surface area contributed by atoms with Gasteiger partial charge in [0.15, 0.2) is 0 Å². The summed E-state index contributed by atoms with van der Waals surface area (Å²) in [4.78, 5) is 0. The van der Waals surface area contributed by atoms with Crippen molar-refractivity contribution in [2.45, 2.75) is 18.1 Å². The molecule has 0 atom stereocenters. The Bertz CT molecular complexity index is 653. The molecule has 1 rings (SSSR count). The zero-order valence-corrected chi connectivity index (χ0v) is 13.1. The highest BCUT2D eigenvalue weighted by atomic mass is 79.9. The fourth-order valence-electron chi connectivity index (χ4n) is 1.30. The van der Waals surface area contributed by atoms with Crippen molar-refractivity contribution in [2.24, 2.45) is 5.10 Å². The highest BCUT2D eigenvalue weighted by Gasteiger charge is 2.73. The van der Waals surface area contributed by atoms with E-state index in [2.05, 4.69) is 27.0 Å². The van der Waals surface area contributed by atoms with Crippen molar-refractivity contribution >= 4 is 22.1 Å². The Balaban J connectivity index is 2.98. The molecule has 0 saturated heterocycles. The molecule has 1 aromatic rings. The van der Waals surface area contributed by atoms with Crippen LogP contribution >= 0.6 is 15.9 Å². The van der Waals surface area contributed by atoms with Crippen molar-refractivity contribution in [1.29, 1.82) is 0 Å². The monoisotopic (exact) mass is 420 g/mol. The maximum atomic E-state index is 13.0. The molecular weight excluding hydrogens is 413 g/mol. The molecule has 24 heavy (non-hydrogen) atoms. The first-order chi connectivity index (χ1) is 10.9. The van der Waals surface area contributed by atoms with E-state index in [9.17, 15) is 30.7 Å². The summed E-state index contributed by atoms with van der Waals surface area (Å²) < 4.78 is 92.8. The number of ether oxygens (including phenoxy) is 1. The summed E-state index contributed by atoms with van der Waals surface area (Å²) in [6.45, 7) is -0.182. The van der Waals surface area contributed by atoms with Gasteiger partial charge in [-0.3, -0.25) is 0 Å². The van der Waals surface area contributed by atoms with Crippen LogP contribution in [0.3, 0.4) is 0 Å². The number of hydrazone groups is 1. The number of benzene rings is 1. The van der Waals surface area contributed by atoms with Crippen LogP contribution in [0.4, 0.5) is 30.7 Å². The zero-order valence-electron chi connectivity index (χ0n) is 11.5. The third kappa shape index (κ3) is 4.53. The average Bonchev–Trinajstić information content (AvgIpc) is 2.45. The number of hydrogen-bond donors (Lipinski definition) is 1. The number of halogens is 8. The minimum Gasteiger partial charge on any atom is -0.480 e. The van der Waals surface area contributed by atoms with E-state index in [-0.39, 0.29) is 17.9 Å². The molecule has 0 aliphatic rings. The molecule has 0 aliphatic carbocycles. The van der Waals surface area contributed by atoms with Crippen LogP contribution in [0.5, 0.6) is 5.75 Å². The minimum absolute atomic E-state index is 0.0123. The molecule has 0 spiro atoms. The van der Waals surface area contributed by atoms with Crippen molar-refractivity contribution in [3.63, 3.8) is 0 Å². The first-order valence-corrected chi connectivity index (χ1v) is 6.70. The molecule has 0 aliphatic heterocycles. The van der Waals surface area contributed by atoms with Gasteiger partial charge in [-0.15, -0.1) is 6.42 Å². The van der Waals surface area contributed by atoms with Gasteiger partial charge in [0.2, 0.25) is 0 Å². The van der Waals surface area contributed by atoms with E-state index in [4.69, 9.17) is 11.2 Å². The molecule has 0 unspecified atom stereocenters. The number of rotatable bonds is 6. The molecule has 0 aromatic heterocycles. The van der Waals surface area contributed by atoms with E-state index in [1.165, 1.54) is 18.2 Å². The van der Waals surface area contributed by atoms with Crippen LogP contribution in [-0.2, 0) is 0 Å². The fourth-order valence-corrected chi connectivity index (χ4v) is 1.68. The molecule has 3 nitrogen and oxygen atoms in total. The number of hydrogen-bond acceptors (Lipinski definition) is 3. The summed E-state index contributed by atoms with van der Waals surface area (Å²) in [6, 6.07) is -1.47. The maximum Gasteiger partial charge on any atom is 0.462 e. The van der Waals surface area contributed by atoms with Crippen LogP contribution in [-0.4, -0.2) is 31.0 Å². The van der Waals surface area contributed by atoms with Gasteiger partial charge in [-0.1, -0.05) is 21.9 Å². The van der Waals surface area contributed by atoms with Crippen LogP contribution in [0.1, 0.15) is 5.56 Å². The average molecular weight is 421 g/mol. The molecule has 0 amide bonds. The quantitative estimate of drug-likeness (QED) is 0.246. The van der Waals surface area contributed by atoms with E-state index in [1.54, 1.807) is 0 Å². The van der Waals surface area contributed by atoms with Crippen LogP contribution < -0.4 is 10.2 Å². The summed E-state index contributed by atoms with van der Waals surface area (Å²) in [5, 5.41) is 2.75. The third-order valence-electron chi connectivity index (χ3n) is 2.44. The second kappa shape index (κ2) is 7.29. The van der Waals surface area contributed by atoms with Crippen molar-refractivity contribution < 1.29 is 35.5 Å². The van der Waals surface area contributed by atoms with Crippen LogP contribution in [0.15, 0.2) is 27.8 Å². The molecule has 11 heteroatoms. The number of nitrogens with one attached hydrogen (secondary N) is 1. The Morgan fingerprint density at radius 3 is 2.38 bits per heavy atom. The molecule has 132 valence electrons. The summed E-state index contributed by atoms with van der Waals surface area (Å²) in [5.41, 5.74) is 0.524. The van der Waals surface area contributed by atoms with E-state index in [1.807, 2.05) is 0 Å². The molecular formula is C13H8BrF7N2O. The summed E-state index contributed by atoms with van der Waals surface area (Å²) in [6.07, 6.45) is -0.871. The van der Waals surface area contributed by atoms with Gasteiger partial charge in [0.05, 0.1) is 6.21 Å². The van der Waals surface area contributed by atoms with Crippen LogP contribution in [0.25, 0.3) is 0 Å². The maximum absolute atomic E-state index is 13.0. The van der Waals surface area contributed by atoms with Gasteiger partial charge in [0.25, 0.3) is 0 Å². The Kier molecular flexibility index (Phi) is 6.10. The predicted octanol–water partition coefficient (Wildman–Crippen LogP) is 4.18. The van der Waals surface area contributed by atoms with Gasteiger partial charge in [-0.05, 0) is 18.2 Å². The van der Waals surface area contributed by atoms with Crippen molar-refractivity contribution in [3.05, 3.63) is 28.2 Å². The van der Waals surface area contributed by atoms with Crippen molar-refractivity contribution in [2.75, 3.05) is 6.61 Å². The largest absolute Gasteiger partial charge is 0.480 e. The highest BCUT2D eigenvalue weighted by Crippen LogP contribution is 2.45. The second-order valence-electron chi connectivity index (χ2n) is 4.19. The molecule has 0 radical (unpaired) electrons. The lowest BCUT2D eigenvalue weighted by Crippen LogP contribution is -2.58. The van der Waals surface area contributed by atoms with Gasteiger partial charge < -0.3 is 4.74 Å². The molecule has 1 N–H and O–H groups in total. The minimum atomic E-state index is -6.45. The molecule has 0 bridgehead atoms. The summed E-state index contributed by atoms with van der Waals surface area (Å²) in [5.74, 6) is -4.11. The van der Waals surface area contributed by atoms with Crippen molar-refractivity contribution in [1.82, 2.24) is 5.43 Å². The molecule has 0 heterocycles. The standard InChI is InChI=1S/C13H8BrF7N2O/c1-2-5-24-10-4-3-9(14)6-8(10)7-22-23-13(20,21)11(15,16)12(17,18)19/h1,3-4,6-7,23H,5H2/b22-7-. The summed E-state index contributed by atoms with van der Waals surface area (Å²) >= 11 is 3.06. The Labute approximate surface area is 140 Å². The van der Waals surface area contributed by atoms with E-state index < -0.39 is 18.1 Å². The van der Waals surface area contributed by atoms with Gasteiger partial charge in [-0.25, -0.2) is 5.43 Å². The molecule has 0 fully saturated rings. The number of nitrogens with zero attached hydrogens (tertiary/aromatic N) is 1. The first kappa shape index (κ1) is 20.1. The third-order valence-corrected chi connectivity index (χ3v) is 2.94. The van der Waals surface area contributed by atoms with E-state index in [0.717, 1.165) is 0 Å². The molecule has 1 aromatic carbocycles. The van der Waals surface area contributed by atoms with Crippen LogP contribution in [0.2, 0.25) is 0 Å². The Hall–Kier alpha value is -1.96. The zero-order chi connectivity index (χ0) is 18.6. The van der Waals surface area contributed by atoms with Crippen molar-refractivity contribution in [3.8, 4) is 18.1 Å². The lowest BCUT2D eigenvalue weighted by molar-refractivity contribution is -0.361. The normalized spacial score (nSPS) is 13.0. The lowest BCUT2D eigenvalue weighted by atomic mass is 10.2. The number of alkyl halides is 7. The van der Waals surface area contributed by atoms with E-state index in [0.29, 0.717) is 16.1 Å². The smallest absolute Gasteiger partial charge is 0.462 e. The second-order valence-corrected chi connectivity index (χ2v) is 5.11. The first-order valence-electron chi connectivity index (χ1n) is 5.91. The van der Waals surface area contributed by atoms with Gasteiger partial charge in [0, 0.05) is 10.0 Å². The van der Waals surface area contributed by atoms with Gasteiger partial charge >= 0.3 is 18.1 Å². The van der Waals surface area contributed by atoms with Crippen LogP contribution in [0, 0.1) is 12.3 Å². The SMILES string of the molecule is C#CCOc1ccc(Br)cc1/C=N\NC(F)(F)C(F)(F)C(F)(F)F. The Morgan fingerprint density at radius 1 is 1.21 bits per heavy atom. The topological polar surface area (TPSA) is 33.6 Å². The summed E-state index contributed by atoms with van der Waals surface area (Å²) in [7, 11) is 0. The highest BCUT2D eigenvalue weighted by molar-refractivity contribution is 9.10. The van der Waals surface area contributed by atoms with Gasteiger partial charge in [-0.2, -0.15) is 35.8 Å². The molecule has 0 saturated carbocycles. The predicted molar refractivity (Wildman–Crippen MR) is 75.1 cm³/mol.